The summed E-state index contributed by atoms with van der Waals surface area (Å²) in [5.41, 5.74) is 0.528. The van der Waals surface area contributed by atoms with Crippen molar-refractivity contribution in [2.45, 2.75) is 25.3 Å². The molecule has 1 aliphatic rings. The van der Waals surface area contributed by atoms with Crippen LogP contribution in [-0.2, 0) is 16.6 Å². The highest BCUT2D eigenvalue weighted by Crippen LogP contribution is 2.29. The molecular formula is C19H21FN4O3S2. The van der Waals surface area contributed by atoms with E-state index in [2.05, 4.69) is 5.10 Å². The molecule has 0 bridgehead atoms. The number of hydrogen-bond acceptors (Lipinski definition) is 5. The zero-order valence-electron chi connectivity index (χ0n) is 15.9. The minimum atomic E-state index is -3.22. The van der Waals surface area contributed by atoms with E-state index in [0.29, 0.717) is 31.8 Å². The lowest BCUT2D eigenvalue weighted by Gasteiger charge is -2.29. The first-order valence-corrected chi connectivity index (χ1v) is 12.0. The Morgan fingerprint density at radius 3 is 2.45 bits per heavy atom. The average Bonchev–Trinajstić information content (AvgIpc) is 3.31. The Morgan fingerprint density at radius 1 is 1.17 bits per heavy atom. The molecule has 0 unspecified atom stereocenters. The van der Waals surface area contributed by atoms with Gasteiger partial charge in [-0.1, -0.05) is 12.1 Å². The fraction of sp³-hybridized carbons (Fsp3) is 0.368. The number of piperidine rings is 1. The van der Waals surface area contributed by atoms with Gasteiger partial charge in [0.25, 0.3) is 0 Å². The van der Waals surface area contributed by atoms with Gasteiger partial charge in [-0.05, 0) is 48.1 Å². The number of benzene rings is 1. The van der Waals surface area contributed by atoms with Crippen LogP contribution in [0.4, 0.5) is 4.39 Å². The zero-order chi connectivity index (χ0) is 20.6. The van der Waals surface area contributed by atoms with Crippen LogP contribution in [0.1, 0.15) is 30.1 Å². The van der Waals surface area contributed by atoms with Gasteiger partial charge in [-0.25, -0.2) is 31.2 Å². The molecule has 154 valence electrons. The molecular weight excluding hydrogens is 415 g/mol. The Hall–Kier alpha value is -2.30. The van der Waals surface area contributed by atoms with Crippen LogP contribution in [0.3, 0.4) is 0 Å². The second-order valence-electron chi connectivity index (χ2n) is 7.15. The van der Waals surface area contributed by atoms with Crippen LogP contribution in [0.15, 0.2) is 46.6 Å². The highest BCUT2D eigenvalue weighted by atomic mass is 32.2. The number of nitrogens with zero attached hydrogens (tertiary/aromatic N) is 4. The quantitative estimate of drug-likeness (QED) is 0.616. The maximum atomic E-state index is 13.2. The predicted octanol–water partition coefficient (Wildman–Crippen LogP) is 2.42. The van der Waals surface area contributed by atoms with Gasteiger partial charge in [-0.3, -0.25) is 0 Å². The molecule has 0 saturated carbocycles. The highest BCUT2D eigenvalue weighted by Gasteiger charge is 2.30. The number of sulfonamides is 1. The molecule has 0 amide bonds. The van der Waals surface area contributed by atoms with Gasteiger partial charge in [0.15, 0.2) is 0 Å². The van der Waals surface area contributed by atoms with Crippen LogP contribution in [0, 0.1) is 5.82 Å². The lowest BCUT2D eigenvalue weighted by Crippen LogP contribution is -2.37. The molecule has 4 rings (SSSR count). The summed E-state index contributed by atoms with van der Waals surface area (Å²) in [7, 11) is -3.22. The largest absolute Gasteiger partial charge is 0.351 e. The fourth-order valence-corrected chi connectivity index (χ4v) is 5.21. The summed E-state index contributed by atoms with van der Waals surface area (Å²) in [6.07, 6.45) is 2.42. The maximum absolute atomic E-state index is 13.2. The second-order valence-corrected chi connectivity index (χ2v) is 10.1. The molecule has 1 saturated heterocycles. The zero-order valence-corrected chi connectivity index (χ0v) is 17.5. The van der Waals surface area contributed by atoms with E-state index in [4.69, 9.17) is 0 Å². The van der Waals surface area contributed by atoms with Crippen molar-refractivity contribution in [3.8, 4) is 5.00 Å². The van der Waals surface area contributed by atoms with E-state index in [1.807, 2.05) is 17.5 Å². The topological polar surface area (TPSA) is 77.2 Å². The molecule has 3 heterocycles. The summed E-state index contributed by atoms with van der Waals surface area (Å²) < 4.78 is 41.3. The van der Waals surface area contributed by atoms with Crippen LogP contribution in [-0.4, -0.2) is 46.4 Å². The average molecular weight is 437 g/mol. The molecule has 1 fully saturated rings. The molecule has 2 aromatic heterocycles. The van der Waals surface area contributed by atoms with E-state index >= 15 is 0 Å². The fourth-order valence-electron chi connectivity index (χ4n) is 3.60. The van der Waals surface area contributed by atoms with Crippen molar-refractivity contribution in [2.24, 2.45) is 0 Å². The lowest BCUT2D eigenvalue weighted by atomic mass is 9.97. The van der Waals surface area contributed by atoms with Gasteiger partial charge < -0.3 is 0 Å². The normalized spacial score (nSPS) is 16.3. The van der Waals surface area contributed by atoms with E-state index in [-0.39, 0.29) is 24.0 Å². The Morgan fingerprint density at radius 2 is 1.86 bits per heavy atom. The Bertz CT molecular complexity index is 1140. The van der Waals surface area contributed by atoms with Crippen molar-refractivity contribution < 1.29 is 12.8 Å². The van der Waals surface area contributed by atoms with E-state index in [1.54, 1.807) is 16.7 Å². The first kappa shape index (κ1) is 20.0. The van der Waals surface area contributed by atoms with Crippen molar-refractivity contribution >= 4 is 21.4 Å². The van der Waals surface area contributed by atoms with Crippen LogP contribution in [0.25, 0.3) is 5.00 Å². The molecule has 1 aliphatic heterocycles. The molecule has 0 aliphatic carbocycles. The van der Waals surface area contributed by atoms with Gasteiger partial charge in [0.1, 0.15) is 16.6 Å². The molecule has 0 N–H and O–H groups in total. The number of rotatable bonds is 5. The summed E-state index contributed by atoms with van der Waals surface area (Å²) in [5, 5.41) is 7.28. The number of hydrogen-bond donors (Lipinski definition) is 0. The molecule has 29 heavy (non-hydrogen) atoms. The van der Waals surface area contributed by atoms with Crippen molar-refractivity contribution in [3.05, 3.63) is 69.5 Å². The van der Waals surface area contributed by atoms with Gasteiger partial charge in [-0.2, -0.15) is 5.10 Å². The molecule has 0 spiro atoms. The van der Waals surface area contributed by atoms with E-state index in [9.17, 15) is 17.6 Å². The third kappa shape index (κ3) is 4.19. The first-order valence-electron chi connectivity index (χ1n) is 9.26. The molecule has 10 heteroatoms. The molecule has 0 radical (unpaired) electrons. The third-order valence-electron chi connectivity index (χ3n) is 5.12. The summed E-state index contributed by atoms with van der Waals surface area (Å²) >= 11 is 1.45. The third-order valence-corrected chi connectivity index (χ3v) is 7.28. The Balaban J connectivity index is 1.68. The minimum Gasteiger partial charge on any atom is -0.246 e. The van der Waals surface area contributed by atoms with Crippen LogP contribution in [0.2, 0.25) is 0 Å². The smallest absolute Gasteiger partial charge is 0.246 e. The summed E-state index contributed by atoms with van der Waals surface area (Å²) in [5.74, 6) is 0.300. The molecule has 0 atom stereocenters. The van der Waals surface area contributed by atoms with Crippen LogP contribution >= 0.6 is 11.3 Å². The molecule has 7 nitrogen and oxygen atoms in total. The summed E-state index contributed by atoms with van der Waals surface area (Å²) in [4.78, 5) is 13.1. The van der Waals surface area contributed by atoms with Gasteiger partial charge in [0.05, 0.1) is 12.8 Å². The van der Waals surface area contributed by atoms with E-state index < -0.39 is 10.0 Å². The first-order chi connectivity index (χ1) is 13.8. The predicted molar refractivity (Wildman–Crippen MR) is 110 cm³/mol. The van der Waals surface area contributed by atoms with Gasteiger partial charge in [0.2, 0.25) is 10.0 Å². The monoisotopic (exact) mass is 436 g/mol. The van der Waals surface area contributed by atoms with Crippen molar-refractivity contribution in [1.82, 2.24) is 18.7 Å². The number of halogens is 1. The standard InChI is InChI=1S/C19H21FN4O3S2/c1-29(26,27)22-10-8-15(9-11-22)18-21-23(13-14-4-6-16(20)7-5-14)19(25)24(18)17-3-2-12-28-17/h2-7,12,15H,8-11,13H2,1H3. The number of aromatic nitrogens is 3. The van der Waals surface area contributed by atoms with Crippen molar-refractivity contribution in [2.75, 3.05) is 19.3 Å². The Labute approximate surface area is 172 Å². The molecule has 3 aromatic rings. The van der Waals surface area contributed by atoms with Crippen LogP contribution < -0.4 is 5.69 Å². The van der Waals surface area contributed by atoms with Crippen molar-refractivity contribution in [1.29, 1.82) is 0 Å². The van der Waals surface area contributed by atoms with Gasteiger partial charge in [0, 0.05) is 19.0 Å². The highest BCUT2D eigenvalue weighted by molar-refractivity contribution is 7.88. The van der Waals surface area contributed by atoms with Crippen LogP contribution in [0.5, 0.6) is 0 Å². The Kier molecular flexibility index (Phi) is 5.41. The minimum absolute atomic E-state index is 0.0164. The lowest BCUT2D eigenvalue weighted by molar-refractivity contribution is 0.313. The van der Waals surface area contributed by atoms with Gasteiger partial charge in [-0.15, -0.1) is 11.3 Å². The van der Waals surface area contributed by atoms with E-state index in [0.717, 1.165) is 10.6 Å². The second kappa shape index (κ2) is 7.85. The number of thiophene rings is 1. The SMILES string of the molecule is CS(=O)(=O)N1CCC(c2nn(Cc3ccc(F)cc3)c(=O)n2-c2cccs2)CC1. The summed E-state index contributed by atoms with van der Waals surface area (Å²) in [6, 6.07) is 9.73. The van der Waals surface area contributed by atoms with Gasteiger partial charge >= 0.3 is 5.69 Å². The van der Waals surface area contributed by atoms with E-state index in [1.165, 1.54) is 38.7 Å². The maximum Gasteiger partial charge on any atom is 0.351 e. The molecule has 1 aromatic carbocycles. The van der Waals surface area contributed by atoms with Crippen molar-refractivity contribution in [3.63, 3.8) is 0 Å². The summed E-state index contributed by atoms with van der Waals surface area (Å²) in [6.45, 7) is 1.06.